The summed E-state index contributed by atoms with van der Waals surface area (Å²) in [6.45, 7) is 1.88. The molecule has 2 aromatic carbocycles. The van der Waals surface area contributed by atoms with Crippen LogP contribution >= 0.6 is 11.6 Å². The van der Waals surface area contributed by atoms with Gasteiger partial charge in [-0.3, -0.25) is 4.79 Å². The summed E-state index contributed by atoms with van der Waals surface area (Å²) in [6.07, 6.45) is 0.155. The fourth-order valence-corrected chi connectivity index (χ4v) is 3.25. The van der Waals surface area contributed by atoms with Crippen molar-refractivity contribution in [1.82, 2.24) is 4.98 Å². The molecule has 3 aromatic rings. The second kappa shape index (κ2) is 6.76. The van der Waals surface area contributed by atoms with Crippen molar-refractivity contribution in [1.29, 1.82) is 0 Å². The number of aryl methyl sites for hydroxylation is 1. The lowest BCUT2D eigenvalue weighted by atomic mass is 10.1. The quantitative estimate of drug-likeness (QED) is 0.719. The van der Waals surface area contributed by atoms with Gasteiger partial charge in [0.15, 0.2) is 0 Å². The van der Waals surface area contributed by atoms with Gasteiger partial charge in [0.25, 0.3) is 0 Å². The van der Waals surface area contributed by atoms with Crippen LogP contribution in [0.4, 0.5) is 15.8 Å². The Labute approximate surface area is 150 Å². The van der Waals surface area contributed by atoms with E-state index >= 15 is 0 Å². The van der Waals surface area contributed by atoms with E-state index in [9.17, 15) is 9.18 Å². The number of aromatic nitrogens is 1. The van der Waals surface area contributed by atoms with Crippen molar-refractivity contribution >= 4 is 39.8 Å². The number of fused-ring (bicyclic) bond motifs is 1. The van der Waals surface area contributed by atoms with Crippen LogP contribution in [-0.4, -0.2) is 25.0 Å². The molecule has 25 heavy (non-hydrogen) atoms. The van der Waals surface area contributed by atoms with E-state index in [1.807, 2.05) is 32.0 Å². The summed E-state index contributed by atoms with van der Waals surface area (Å²) in [7, 11) is 3.80. The Morgan fingerprint density at radius 1 is 1.24 bits per heavy atom. The zero-order chi connectivity index (χ0) is 18.1. The van der Waals surface area contributed by atoms with Gasteiger partial charge >= 0.3 is 0 Å². The van der Waals surface area contributed by atoms with Crippen molar-refractivity contribution in [2.24, 2.45) is 0 Å². The zero-order valence-electron chi connectivity index (χ0n) is 14.3. The number of anilines is 2. The van der Waals surface area contributed by atoms with Crippen LogP contribution in [0.25, 0.3) is 10.9 Å². The smallest absolute Gasteiger partial charge is 0.228 e. The largest absolute Gasteiger partial charge is 0.376 e. The molecule has 0 fully saturated rings. The van der Waals surface area contributed by atoms with E-state index < -0.39 is 0 Å². The zero-order valence-corrected chi connectivity index (χ0v) is 15.0. The number of carbonyl (C=O) groups is 1. The van der Waals surface area contributed by atoms with Crippen LogP contribution < -0.4 is 10.2 Å². The Bertz CT molecular complexity index is 949. The maximum Gasteiger partial charge on any atom is 0.228 e. The summed E-state index contributed by atoms with van der Waals surface area (Å²) in [5.74, 6) is -0.499. The molecule has 2 N–H and O–H groups in total. The monoisotopic (exact) mass is 359 g/mol. The molecule has 0 atom stereocenters. The molecule has 6 heteroatoms. The molecule has 0 aliphatic heterocycles. The van der Waals surface area contributed by atoms with Gasteiger partial charge in [0, 0.05) is 36.4 Å². The van der Waals surface area contributed by atoms with Crippen LogP contribution in [-0.2, 0) is 11.2 Å². The molecule has 4 nitrogen and oxygen atoms in total. The molecule has 0 unspecified atom stereocenters. The van der Waals surface area contributed by atoms with Gasteiger partial charge in [-0.15, -0.1) is 0 Å². The van der Waals surface area contributed by atoms with Gasteiger partial charge in [0.1, 0.15) is 5.82 Å². The topological polar surface area (TPSA) is 48.1 Å². The summed E-state index contributed by atoms with van der Waals surface area (Å²) < 4.78 is 13.5. The molecule has 130 valence electrons. The number of aromatic amines is 1. The number of H-pyrrole nitrogens is 1. The first-order valence-corrected chi connectivity index (χ1v) is 8.26. The van der Waals surface area contributed by atoms with Crippen LogP contribution in [0.3, 0.4) is 0 Å². The Hall–Kier alpha value is -2.53. The number of benzene rings is 2. The lowest BCUT2D eigenvalue weighted by Gasteiger charge is -2.15. The summed E-state index contributed by atoms with van der Waals surface area (Å²) in [4.78, 5) is 17.5. The molecule has 1 amide bonds. The minimum Gasteiger partial charge on any atom is -0.376 e. The number of amides is 1. The van der Waals surface area contributed by atoms with Gasteiger partial charge in [-0.1, -0.05) is 11.6 Å². The number of rotatable bonds is 4. The van der Waals surface area contributed by atoms with Gasteiger partial charge in [-0.2, -0.15) is 0 Å². The van der Waals surface area contributed by atoms with E-state index in [4.69, 9.17) is 11.6 Å². The minimum absolute atomic E-state index is 0.155. The molecule has 0 saturated carbocycles. The Morgan fingerprint density at radius 2 is 2.00 bits per heavy atom. The molecule has 3 rings (SSSR count). The predicted molar refractivity (Wildman–Crippen MR) is 101 cm³/mol. The summed E-state index contributed by atoms with van der Waals surface area (Å²) in [5, 5.41) is 4.14. The molecule has 0 bridgehead atoms. The standard InChI is InChI=1S/C19H19ClFN3O/c1-11-14(15-8-12(21)4-6-17(15)22-11)10-19(25)23-13-5-7-18(24(2)3)16(20)9-13/h4-9,22H,10H2,1-3H3,(H,23,25). The molecular weight excluding hydrogens is 341 g/mol. The van der Waals surface area contributed by atoms with E-state index in [-0.39, 0.29) is 18.1 Å². The van der Waals surface area contributed by atoms with Crippen LogP contribution in [0.1, 0.15) is 11.3 Å². The van der Waals surface area contributed by atoms with E-state index in [0.29, 0.717) is 10.7 Å². The van der Waals surface area contributed by atoms with Crippen molar-refractivity contribution in [3.05, 3.63) is 58.5 Å². The lowest BCUT2D eigenvalue weighted by Crippen LogP contribution is -2.15. The molecule has 0 radical (unpaired) electrons. The Morgan fingerprint density at radius 3 is 2.68 bits per heavy atom. The number of nitrogens with zero attached hydrogens (tertiary/aromatic N) is 1. The van der Waals surface area contributed by atoms with Crippen molar-refractivity contribution in [3.8, 4) is 0 Å². The minimum atomic E-state index is -0.320. The first-order valence-electron chi connectivity index (χ1n) is 7.88. The molecular formula is C19H19ClFN3O. The first-order chi connectivity index (χ1) is 11.8. The number of hydrogen-bond donors (Lipinski definition) is 2. The molecule has 0 aliphatic rings. The van der Waals surface area contributed by atoms with Crippen molar-refractivity contribution in [2.75, 3.05) is 24.3 Å². The van der Waals surface area contributed by atoms with Gasteiger partial charge < -0.3 is 15.2 Å². The third kappa shape index (κ3) is 3.61. The van der Waals surface area contributed by atoms with Crippen LogP contribution in [0.2, 0.25) is 5.02 Å². The molecule has 1 aromatic heterocycles. The van der Waals surface area contributed by atoms with Crippen LogP contribution in [0.5, 0.6) is 0 Å². The highest BCUT2D eigenvalue weighted by atomic mass is 35.5. The third-order valence-electron chi connectivity index (χ3n) is 4.13. The average molecular weight is 360 g/mol. The highest BCUT2D eigenvalue weighted by Gasteiger charge is 2.14. The van der Waals surface area contributed by atoms with Crippen molar-refractivity contribution < 1.29 is 9.18 Å². The summed E-state index contributed by atoms with van der Waals surface area (Å²) >= 11 is 6.23. The first kappa shape index (κ1) is 17.3. The Balaban J connectivity index is 1.80. The van der Waals surface area contributed by atoms with Gasteiger partial charge in [0.2, 0.25) is 5.91 Å². The maximum atomic E-state index is 13.5. The normalized spacial score (nSPS) is 10.9. The van der Waals surface area contributed by atoms with Crippen LogP contribution in [0.15, 0.2) is 36.4 Å². The molecule has 0 saturated heterocycles. The van der Waals surface area contributed by atoms with E-state index in [0.717, 1.165) is 27.8 Å². The van der Waals surface area contributed by atoms with E-state index in [1.54, 1.807) is 18.2 Å². The maximum absolute atomic E-state index is 13.5. The number of carbonyl (C=O) groups excluding carboxylic acids is 1. The number of hydrogen-bond acceptors (Lipinski definition) is 2. The highest BCUT2D eigenvalue weighted by Crippen LogP contribution is 2.28. The van der Waals surface area contributed by atoms with Crippen molar-refractivity contribution in [2.45, 2.75) is 13.3 Å². The second-order valence-corrected chi connectivity index (χ2v) is 6.61. The van der Waals surface area contributed by atoms with E-state index in [2.05, 4.69) is 10.3 Å². The van der Waals surface area contributed by atoms with Crippen LogP contribution in [0, 0.1) is 12.7 Å². The average Bonchev–Trinajstić information content (AvgIpc) is 2.82. The van der Waals surface area contributed by atoms with Gasteiger partial charge in [-0.05, 0) is 48.9 Å². The second-order valence-electron chi connectivity index (χ2n) is 6.20. The SMILES string of the molecule is Cc1[nH]c2ccc(F)cc2c1CC(=O)Nc1ccc(N(C)C)c(Cl)c1. The molecule has 1 heterocycles. The van der Waals surface area contributed by atoms with Crippen molar-refractivity contribution in [3.63, 3.8) is 0 Å². The van der Waals surface area contributed by atoms with Gasteiger partial charge in [0.05, 0.1) is 17.1 Å². The number of nitrogens with one attached hydrogen (secondary N) is 2. The number of halogens is 2. The fourth-order valence-electron chi connectivity index (χ4n) is 2.90. The highest BCUT2D eigenvalue weighted by molar-refractivity contribution is 6.33. The molecule has 0 aliphatic carbocycles. The summed E-state index contributed by atoms with van der Waals surface area (Å²) in [5.41, 5.74) is 3.98. The fraction of sp³-hybridized carbons (Fsp3) is 0.211. The summed E-state index contributed by atoms with van der Waals surface area (Å²) in [6, 6.07) is 9.90. The predicted octanol–water partition coefficient (Wildman–Crippen LogP) is 4.52. The van der Waals surface area contributed by atoms with E-state index in [1.165, 1.54) is 12.1 Å². The molecule has 0 spiro atoms. The van der Waals surface area contributed by atoms with Gasteiger partial charge in [-0.25, -0.2) is 4.39 Å². The Kier molecular flexibility index (Phi) is 4.68. The lowest BCUT2D eigenvalue weighted by molar-refractivity contribution is -0.115. The third-order valence-corrected chi connectivity index (χ3v) is 4.43.